The van der Waals surface area contributed by atoms with Gasteiger partial charge < -0.3 is 34.8 Å². The molecule has 19 heteroatoms. The minimum absolute atomic E-state index is 0.304. The van der Waals surface area contributed by atoms with E-state index in [0.29, 0.717) is 100 Å². The van der Waals surface area contributed by atoms with E-state index in [4.69, 9.17) is 9.72 Å². The Balaban J connectivity index is 0.908. The molecular weight excluding hydrogens is 973 g/mol. The van der Waals surface area contributed by atoms with Crippen LogP contribution >= 0.6 is 0 Å². The zero-order valence-electron chi connectivity index (χ0n) is 43.8. The number of rotatable bonds is 30. The molecule has 2 N–H and O–H groups in total. The Bertz CT molecular complexity index is 2770. The van der Waals surface area contributed by atoms with Crippen LogP contribution in [0.1, 0.15) is 103 Å². The van der Waals surface area contributed by atoms with Crippen LogP contribution in [0.5, 0.6) is 5.75 Å². The fraction of sp³-hybridized carbons (Fsp3) is 0.474. The number of hydrogen-bond acceptors (Lipinski definition) is 14. The largest absolute Gasteiger partial charge is 0.492 e. The number of nitriles is 1. The molecule has 1 atom stereocenters. The number of carbonyl (C=O) groups excluding carboxylic acids is 5. The molecule has 7 rings (SSSR count). The molecule has 5 heterocycles. The third kappa shape index (κ3) is 15.0. The average molecular weight is 1040 g/mol. The number of nitrogens with one attached hydrogen (secondary N) is 2. The summed E-state index contributed by atoms with van der Waals surface area (Å²) in [6, 6.07) is 16.4. The summed E-state index contributed by atoms with van der Waals surface area (Å²) in [6.07, 6.45) is 16.3. The minimum atomic E-state index is -0.804. The molecule has 3 aromatic heterocycles. The number of carbonyl (C=O) groups is 5. The summed E-state index contributed by atoms with van der Waals surface area (Å²) in [4.78, 5) is 75.6. The molecule has 5 aromatic rings. The Morgan fingerprint density at radius 3 is 2.38 bits per heavy atom. The predicted octanol–water partition coefficient (Wildman–Crippen LogP) is 6.72. The first-order valence-electron chi connectivity index (χ1n) is 26.6. The molecule has 76 heavy (non-hydrogen) atoms. The highest BCUT2D eigenvalue weighted by Crippen LogP contribution is 2.33. The lowest BCUT2D eigenvalue weighted by atomic mass is 9.86. The van der Waals surface area contributed by atoms with Crippen molar-refractivity contribution >= 4 is 48.2 Å². The van der Waals surface area contributed by atoms with Gasteiger partial charge in [-0.2, -0.15) is 10.4 Å². The van der Waals surface area contributed by atoms with Gasteiger partial charge in [-0.15, -0.1) is 0 Å². The number of amides is 2. The second-order valence-electron chi connectivity index (χ2n) is 19.9. The third-order valence-corrected chi connectivity index (χ3v) is 14.8. The van der Waals surface area contributed by atoms with Gasteiger partial charge in [0.15, 0.2) is 0 Å². The van der Waals surface area contributed by atoms with Gasteiger partial charge in [0.1, 0.15) is 48.1 Å². The molecule has 1 unspecified atom stereocenters. The summed E-state index contributed by atoms with van der Waals surface area (Å²) in [5.41, 5.74) is 3.97. The lowest BCUT2D eigenvalue weighted by Crippen LogP contribution is -2.61. The van der Waals surface area contributed by atoms with E-state index in [1.807, 2.05) is 55.3 Å². The number of benzene rings is 2. The van der Waals surface area contributed by atoms with Crippen molar-refractivity contribution in [1.29, 1.82) is 5.26 Å². The topological polar surface area (TPSA) is 189 Å². The van der Waals surface area contributed by atoms with Crippen LogP contribution in [0.15, 0.2) is 73.2 Å². The number of nitrogens with zero attached hydrogens (tertiary/aromatic N) is 9. The molecule has 2 amide bonds. The molecule has 404 valence electrons. The van der Waals surface area contributed by atoms with E-state index in [2.05, 4.69) is 41.4 Å². The van der Waals surface area contributed by atoms with E-state index < -0.39 is 29.1 Å². The quantitative estimate of drug-likeness (QED) is 0.0365. The van der Waals surface area contributed by atoms with Gasteiger partial charge >= 0.3 is 0 Å². The van der Waals surface area contributed by atoms with Crippen molar-refractivity contribution in [3.05, 3.63) is 107 Å². The number of piperidine rings is 1. The Morgan fingerprint density at radius 2 is 1.68 bits per heavy atom. The van der Waals surface area contributed by atoms with Crippen LogP contribution in [-0.4, -0.2) is 158 Å². The standard InChI is InChI=1S/C57H71F2N11O6/c1-3-76-50-33-51(55-46(34-60)36-63-70(55)38-50)43-13-17-54(62-35-43)69-23-18-57(19-24-69,64-56(75)52-32-47(58)14-16-53(52)59)41-67(25-20-61-42-74)22-9-7-5-4-6-8-21-66-26-28-68(29-27-66)48-15-12-44(39-72)45(31-48)37-65(2)49(40-73)11-10-30-71/h12-17,30-33,35-36,38-40,42,49H,3-11,18-29,37,41H2,1-2H3,(H,61,74)(H,64,75). The van der Waals surface area contributed by atoms with Crippen molar-refractivity contribution in [2.45, 2.75) is 89.3 Å². The van der Waals surface area contributed by atoms with Crippen LogP contribution in [0.3, 0.4) is 0 Å². The van der Waals surface area contributed by atoms with Gasteiger partial charge in [-0.05, 0) is 119 Å². The van der Waals surface area contributed by atoms with E-state index in [1.54, 1.807) is 16.9 Å². The molecule has 0 saturated carbocycles. The number of piperazine rings is 1. The van der Waals surface area contributed by atoms with Crippen LogP contribution in [0.2, 0.25) is 0 Å². The SMILES string of the molecule is CCOc1cc(-c2ccc(N3CCC(CN(CCCCCCCCN4CCN(c5ccc(C=O)c(CN(C)C(C=O)CCC=O)c5)CC4)CCNC=O)(NC(=O)c4cc(F)ccc4F)CC3)nc2)c2c(C#N)cnn2c1. The molecule has 2 aliphatic heterocycles. The highest BCUT2D eigenvalue weighted by Gasteiger charge is 2.39. The maximum Gasteiger partial charge on any atom is 0.254 e. The molecule has 0 spiro atoms. The van der Waals surface area contributed by atoms with E-state index in [1.165, 1.54) is 6.20 Å². The number of unbranched alkanes of at least 4 members (excludes halogenated alkanes) is 5. The summed E-state index contributed by atoms with van der Waals surface area (Å²) in [7, 11) is 1.84. The van der Waals surface area contributed by atoms with Gasteiger partial charge in [-0.3, -0.25) is 29.1 Å². The first kappa shape index (κ1) is 56.6. The normalized spacial score (nSPS) is 15.1. The van der Waals surface area contributed by atoms with Gasteiger partial charge in [-0.25, -0.2) is 18.3 Å². The molecular formula is C57H71F2N11O6. The van der Waals surface area contributed by atoms with Crippen LogP contribution in [-0.2, 0) is 20.9 Å². The van der Waals surface area contributed by atoms with Crippen molar-refractivity contribution in [3.63, 3.8) is 0 Å². The number of anilines is 2. The highest BCUT2D eigenvalue weighted by molar-refractivity contribution is 5.95. The third-order valence-electron chi connectivity index (χ3n) is 14.8. The van der Waals surface area contributed by atoms with Gasteiger partial charge in [0.2, 0.25) is 6.41 Å². The molecule has 0 aliphatic carbocycles. The van der Waals surface area contributed by atoms with E-state index in [0.717, 1.165) is 143 Å². The Morgan fingerprint density at radius 1 is 0.908 bits per heavy atom. The zero-order valence-corrected chi connectivity index (χ0v) is 43.8. The summed E-state index contributed by atoms with van der Waals surface area (Å²) in [5, 5.41) is 20.1. The second kappa shape index (κ2) is 28.1. The monoisotopic (exact) mass is 1040 g/mol. The number of pyridine rings is 2. The van der Waals surface area contributed by atoms with E-state index in [9.17, 15) is 33.6 Å². The smallest absolute Gasteiger partial charge is 0.254 e. The lowest BCUT2D eigenvalue weighted by Gasteiger charge is -2.45. The molecule has 0 bridgehead atoms. The Labute approximate surface area is 444 Å². The van der Waals surface area contributed by atoms with Crippen molar-refractivity contribution < 1.29 is 37.5 Å². The number of aldehydes is 3. The van der Waals surface area contributed by atoms with Crippen LogP contribution in [0, 0.1) is 23.0 Å². The van der Waals surface area contributed by atoms with Gasteiger partial charge in [0.25, 0.3) is 5.91 Å². The Hall–Kier alpha value is -7.14. The number of fused-ring (bicyclic) bond motifs is 1. The summed E-state index contributed by atoms with van der Waals surface area (Å²) in [5.74, 6) is -0.852. The first-order valence-corrected chi connectivity index (χ1v) is 26.6. The van der Waals surface area contributed by atoms with Gasteiger partial charge in [0, 0.05) is 100 Å². The van der Waals surface area contributed by atoms with Gasteiger partial charge in [0.05, 0.1) is 47.2 Å². The Kier molecular flexibility index (Phi) is 20.9. The molecule has 2 fully saturated rings. The predicted molar refractivity (Wildman–Crippen MR) is 288 cm³/mol. The number of halogens is 2. The van der Waals surface area contributed by atoms with Crippen LogP contribution < -0.4 is 25.2 Å². The number of aromatic nitrogens is 3. The fourth-order valence-corrected chi connectivity index (χ4v) is 10.5. The molecule has 2 saturated heterocycles. The van der Waals surface area contributed by atoms with E-state index in [-0.39, 0.29) is 5.56 Å². The van der Waals surface area contributed by atoms with Crippen LogP contribution in [0.25, 0.3) is 16.6 Å². The number of likely N-dealkylation sites (N-methyl/N-ethyl adjacent to an activating group) is 1. The van der Waals surface area contributed by atoms with Crippen LogP contribution in [0.4, 0.5) is 20.3 Å². The van der Waals surface area contributed by atoms with Crippen molar-refractivity contribution in [1.82, 2.24) is 39.9 Å². The summed E-state index contributed by atoms with van der Waals surface area (Å²) >= 11 is 0. The van der Waals surface area contributed by atoms with E-state index >= 15 is 4.39 Å². The van der Waals surface area contributed by atoms with Crippen molar-refractivity contribution in [3.8, 4) is 22.9 Å². The number of hydrogen-bond donors (Lipinski definition) is 2. The maximum atomic E-state index is 15.0. The first-order chi connectivity index (χ1) is 37.0. The molecule has 0 radical (unpaired) electrons. The maximum absolute atomic E-state index is 15.0. The summed E-state index contributed by atoms with van der Waals surface area (Å²) < 4.78 is 36.8. The van der Waals surface area contributed by atoms with Crippen molar-refractivity contribution in [2.24, 2.45) is 0 Å². The highest BCUT2D eigenvalue weighted by atomic mass is 19.1. The minimum Gasteiger partial charge on any atom is -0.492 e. The molecule has 2 aromatic carbocycles. The fourth-order valence-electron chi connectivity index (χ4n) is 10.5. The zero-order chi connectivity index (χ0) is 53.9. The molecule has 17 nitrogen and oxygen atoms in total. The molecule has 2 aliphatic rings. The summed E-state index contributed by atoms with van der Waals surface area (Å²) in [6.45, 7) is 10.6. The second-order valence-corrected chi connectivity index (χ2v) is 19.9. The average Bonchev–Trinajstić information content (AvgIpc) is 3.86. The van der Waals surface area contributed by atoms with Crippen molar-refractivity contribution in [2.75, 3.05) is 95.4 Å². The van der Waals surface area contributed by atoms with Gasteiger partial charge in [-0.1, -0.05) is 25.7 Å². The number of ether oxygens (including phenoxy) is 1. The lowest BCUT2D eigenvalue weighted by molar-refractivity contribution is -0.113.